The van der Waals surface area contributed by atoms with Crippen LogP contribution in [-0.2, 0) is 4.74 Å². The minimum Gasteiger partial charge on any atom is -0.457 e. The van der Waals surface area contributed by atoms with Gasteiger partial charge in [-0.3, -0.25) is 9.78 Å². The lowest BCUT2D eigenvalue weighted by atomic mass is 9.79. The van der Waals surface area contributed by atoms with Crippen LogP contribution >= 0.6 is 0 Å². The van der Waals surface area contributed by atoms with Gasteiger partial charge in [0.15, 0.2) is 0 Å². The first-order valence-electron chi connectivity index (χ1n) is 8.87. The fourth-order valence-electron chi connectivity index (χ4n) is 3.25. The largest absolute Gasteiger partial charge is 0.457 e. The molecule has 6 heteroatoms. The lowest BCUT2D eigenvalue weighted by molar-refractivity contribution is 0.0511. The first-order chi connectivity index (χ1) is 12.7. The van der Waals surface area contributed by atoms with Gasteiger partial charge in [0.05, 0.1) is 6.61 Å². The molecule has 3 rings (SSSR count). The quantitative estimate of drug-likeness (QED) is 0.799. The summed E-state index contributed by atoms with van der Waals surface area (Å²) < 4.78 is 11.2. The molecule has 0 radical (unpaired) electrons. The molecule has 0 aliphatic carbocycles. The summed E-state index contributed by atoms with van der Waals surface area (Å²) in [5.41, 5.74) is 0.582. The molecule has 0 unspecified atom stereocenters. The molecule has 1 aromatic heterocycles. The molecule has 2 aromatic rings. The fourth-order valence-corrected chi connectivity index (χ4v) is 3.25. The number of hydrogen-bond donors (Lipinski definition) is 2. The number of methoxy groups -OCH3 is 1. The van der Waals surface area contributed by atoms with Crippen LogP contribution in [0.3, 0.4) is 0 Å². The molecule has 0 atom stereocenters. The zero-order valence-corrected chi connectivity index (χ0v) is 15.0. The van der Waals surface area contributed by atoms with Crippen molar-refractivity contribution in [2.24, 2.45) is 5.41 Å². The summed E-state index contributed by atoms with van der Waals surface area (Å²) in [5, 5.41) is 6.43. The van der Waals surface area contributed by atoms with E-state index in [4.69, 9.17) is 9.47 Å². The second kappa shape index (κ2) is 8.78. The van der Waals surface area contributed by atoms with Crippen molar-refractivity contribution in [1.82, 2.24) is 15.6 Å². The number of rotatable bonds is 7. The molecule has 138 valence electrons. The van der Waals surface area contributed by atoms with Crippen molar-refractivity contribution < 1.29 is 14.3 Å². The van der Waals surface area contributed by atoms with Crippen molar-refractivity contribution in [3.63, 3.8) is 0 Å². The number of aromatic nitrogens is 1. The summed E-state index contributed by atoms with van der Waals surface area (Å²) in [5.74, 6) is 1.21. The van der Waals surface area contributed by atoms with Gasteiger partial charge in [-0.1, -0.05) is 6.07 Å². The van der Waals surface area contributed by atoms with Crippen molar-refractivity contribution in [1.29, 1.82) is 0 Å². The molecule has 2 heterocycles. The Morgan fingerprint density at radius 2 is 1.96 bits per heavy atom. The maximum absolute atomic E-state index is 12.6. The second-order valence-corrected chi connectivity index (χ2v) is 6.68. The molecular formula is C20H25N3O3. The standard InChI is InChI=1S/C20H25N3O3/c1-25-15-20(7-11-22-12-8-20)14-23-19(24)16-3-2-4-18(13-16)26-17-5-9-21-10-6-17/h2-6,9-10,13,22H,7-8,11-12,14-15H2,1H3,(H,23,24). The summed E-state index contributed by atoms with van der Waals surface area (Å²) in [6, 6.07) is 10.7. The average Bonchev–Trinajstić information content (AvgIpc) is 2.68. The van der Waals surface area contributed by atoms with Gasteiger partial charge in [0.2, 0.25) is 0 Å². The first kappa shape index (κ1) is 18.4. The molecule has 26 heavy (non-hydrogen) atoms. The predicted octanol–water partition coefficient (Wildman–Crippen LogP) is 2.62. The van der Waals surface area contributed by atoms with E-state index in [0.717, 1.165) is 25.9 Å². The maximum atomic E-state index is 12.6. The molecule has 1 fully saturated rings. The Balaban J connectivity index is 1.63. The van der Waals surface area contributed by atoms with Crippen molar-refractivity contribution in [3.8, 4) is 11.5 Å². The summed E-state index contributed by atoms with van der Waals surface area (Å²) in [6.07, 6.45) is 5.32. The predicted molar refractivity (Wildman–Crippen MR) is 99.5 cm³/mol. The zero-order valence-electron chi connectivity index (χ0n) is 15.0. The third-order valence-corrected chi connectivity index (χ3v) is 4.72. The van der Waals surface area contributed by atoms with Crippen LogP contribution in [0.25, 0.3) is 0 Å². The van der Waals surface area contributed by atoms with Gasteiger partial charge in [-0.25, -0.2) is 0 Å². The summed E-state index contributed by atoms with van der Waals surface area (Å²) in [7, 11) is 1.71. The highest BCUT2D eigenvalue weighted by molar-refractivity contribution is 5.94. The molecule has 6 nitrogen and oxygen atoms in total. The van der Waals surface area contributed by atoms with E-state index < -0.39 is 0 Å². The van der Waals surface area contributed by atoms with Crippen molar-refractivity contribution >= 4 is 5.91 Å². The second-order valence-electron chi connectivity index (χ2n) is 6.68. The lowest BCUT2D eigenvalue weighted by Gasteiger charge is -2.37. The van der Waals surface area contributed by atoms with E-state index >= 15 is 0 Å². The molecule has 0 spiro atoms. The Kier molecular flexibility index (Phi) is 6.20. The summed E-state index contributed by atoms with van der Waals surface area (Å²) in [6.45, 7) is 3.17. The minimum absolute atomic E-state index is 0.000803. The van der Waals surface area contributed by atoms with Crippen LogP contribution in [0.4, 0.5) is 0 Å². The number of benzene rings is 1. The van der Waals surface area contributed by atoms with E-state index in [1.807, 2.05) is 12.1 Å². The highest BCUT2D eigenvalue weighted by Gasteiger charge is 2.32. The van der Waals surface area contributed by atoms with Crippen molar-refractivity contribution in [2.75, 3.05) is 33.4 Å². The van der Waals surface area contributed by atoms with Gasteiger partial charge in [0.25, 0.3) is 5.91 Å². The van der Waals surface area contributed by atoms with Gasteiger partial charge in [0, 0.05) is 37.0 Å². The van der Waals surface area contributed by atoms with Gasteiger partial charge in [-0.05, 0) is 56.3 Å². The van der Waals surface area contributed by atoms with Crippen LogP contribution in [-0.4, -0.2) is 44.2 Å². The van der Waals surface area contributed by atoms with Crippen LogP contribution < -0.4 is 15.4 Å². The number of carbonyl (C=O) groups excluding carboxylic acids is 1. The molecular weight excluding hydrogens is 330 g/mol. The number of pyridine rings is 1. The third kappa shape index (κ3) is 4.80. The number of carbonyl (C=O) groups is 1. The minimum atomic E-state index is -0.0980. The van der Waals surface area contributed by atoms with E-state index in [1.165, 1.54) is 0 Å². The van der Waals surface area contributed by atoms with Crippen molar-refractivity contribution in [3.05, 3.63) is 54.4 Å². The number of nitrogens with one attached hydrogen (secondary N) is 2. The van der Waals surface area contributed by atoms with E-state index in [2.05, 4.69) is 15.6 Å². The molecule has 2 N–H and O–H groups in total. The fraction of sp³-hybridized carbons (Fsp3) is 0.400. The van der Waals surface area contributed by atoms with Crippen LogP contribution in [0.1, 0.15) is 23.2 Å². The molecule has 1 amide bonds. The molecule has 1 aliphatic heterocycles. The van der Waals surface area contributed by atoms with E-state index in [0.29, 0.717) is 30.2 Å². The van der Waals surface area contributed by atoms with Gasteiger partial charge >= 0.3 is 0 Å². The van der Waals surface area contributed by atoms with Crippen LogP contribution in [0.5, 0.6) is 11.5 Å². The highest BCUT2D eigenvalue weighted by atomic mass is 16.5. The summed E-state index contributed by atoms with van der Waals surface area (Å²) in [4.78, 5) is 16.6. The molecule has 0 saturated carbocycles. The van der Waals surface area contributed by atoms with E-state index in [9.17, 15) is 4.79 Å². The van der Waals surface area contributed by atoms with Crippen molar-refractivity contribution in [2.45, 2.75) is 12.8 Å². The number of ether oxygens (including phenoxy) is 2. The van der Waals surface area contributed by atoms with Gasteiger partial charge in [0.1, 0.15) is 11.5 Å². The Morgan fingerprint density at radius 1 is 1.19 bits per heavy atom. The number of piperidine rings is 1. The number of nitrogens with zero attached hydrogens (tertiary/aromatic N) is 1. The third-order valence-electron chi connectivity index (χ3n) is 4.72. The van der Waals surface area contributed by atoms with Crippen LogP contribution in [0.15, 0.2) is 48.8 Å². The Bertz CT molecular complexity index is 710. The van der Waals surface area contributed by atoms with Gasteiger partial charge in [-0.2, -0.15) is 0 Å². The Morgan fingerprint density at radius 3 is 2.69 bits per heavy atom. The SMILES string of the molecule is COCC1(CNC(=O)c2cccc(Oc3ccncc3)c2)CCNCC1. The monoisotopic (exact) mass is 355 g/mol. The summed E-state index contributed by atoms with van der Waals surface area (Å²) >= 11 is 0. The number of amides is 1. The molecule has 1 saturated heterocycles. The van der Waals surface area contributed by atoms with E-state index in [-0.39, 0.29) is 11.3 Å². The highest BCUT2D eigenvalue weighted by Crippen LogP contribution is 2.28. The van der Waals surface area contributed by atoms with Crippen LogP contribution in [0, 0.1) is 5.41 Å². The van der Waals surface area contributed by atoms with Crippen LogP contribution in [0.2, 0.25) is 0 Å². The molecule has 1 aliphatic rings. The Hall–Kier alpha value is -2.44. The van der Waals surface area contributed by atoms with Gasteiger partial charge in [-0.15, -0.1) is 0 Å². The smallest absolute Gasteiger partial charge is 0.251 e. The van der Waals surface area contributed by atoms with Gasteiger partial charge < -0.3 is 20.1 Å². The lowest BCUT2D eigenvalue weighted by Crippen LogP contribution is -2.47. The Labute approximate surface area is 153 Å². The van der Waals surface area contributed by atoms with E-state index in [1.54, 1.807) is 43.8 Å². The molecule has 0 bridgehead atoms. The maximum Gasteiger partial charge on any atom is 0.251 e. The average molecular weight is 355 g/mol. The molecule has 1 aromatic carbocycles. The zero-order chi connectivity index (χ0) is 18.2. The number of hydrogen-bond acceptors (Lipinski definition) is 5. The first-order valence-corrected chi connectivity index (χ1v) is 8.87. The normalized spacial score (nSPS) is 16.0. The topological polar surface area (TPSA) is 72.5 Å².